The fourth-order valence-corrected chi connectivity index (χ4v) is 5.68. The van der Waals surface area contributed by atoms with Gasteiger partial charge in [0.2, 0.25) is 5.95 Å². The maximum absolute atomic E-state index is 13.4. The van der Waals surface area contributed by atoms with Gasteiger partial charge in [0.25, 0.3) is 0 Å². The molecule has 0 saturated heterocycles. The van der Waals surface area contributed by atoms with Crippen molar-refractivity contribution in [2.45, 2.75) is 44.9 Å². The average Bonchev–Trinajstić information content (AvgIpc) is 3.41. The van der Waals surface area contributed by atoms with Crippen LogP contribution in [0.25, 0.3) is 0 Å². The number of aliphatic carboxylic acids is 1. The number of halogens is 4. The molecule has 0 amide bonds. The van der Waals surface area contributed by atoms with Crippen LogP contribution >= 0.6 is 11.6 Å². The molecule has 2 N–H and O–H groups in total. The van der Waals surface area contributed by atoms with Gasteiger partial charge in [-0.2, -0.15) is 13.2 Å². The highest BCUT2D eigenvalue weighted by molar-refractivity contribution is 6.33. The third kappa shape index (κ3) is 5.74. The monoisotopic (exact) mass is 626 g/mol. The summed E-state index contributed by atoms with van der Waals surface area (Å²) in [5.74, 6) is -0.304. The van der Waals surface area contributed by atoms with Crippen LogP contribution in [0.1, 0.15) is 48.3 Å². The molecule has 1 unspecified atom stereocenters. The smallest absolute Gasteiger partial charge is 0.416 e. The third-order valence-electron chi connectivity index (χ3n) is 7.69. The Morgan fingerprint density at radius 1 is 1.11 bits per heavy atom. The second kappa shape index (κ2) is 12.3. The van der Waals surface area contributed by atoms with Crippen molar-refractivity contribution in [2.75, 3.05) is 24.0 Å². The molecule has 1 aliphatic heterocycles. The summed E-state index contributed by atoms with van der Waals surface area (Å²) >= 11 is 6.39. The minimum absolute atomic E-state index is 0.110. The van der Waals surface area contributed by atoms with Gasteiger partial charge < -0.3 is 20.2 Å². The van der Waals surface area contributed by atoms with Crippen LogP contribution in [0.5, 0.6) is 5.75 Å². The molecular weight excluding hydrogens is 597 g/mol. The Bertz CT molecular complexity index is 1660. The van der Waals surface area contributed by atoms with Crippen molar-refractivity contribution in [3.8, 4) is 5.75 Å². The molecule has 44 heavy (non-hydrogen) atoms. The quantitative estimate of drug-likeness (QED) is 0.196. The largest absolute Gasteiger partial charge is 0.497 e. The highest BCUT2D eigenvalue weighted by Gasteiger charge is 2.47. The molecule has 0 saturated carbocycles. The van der Waals surface area contributed by atoms with Crippen LogP contribution < -0.4 is 15.1 Å². The summed E-state index contributed by atoms with van der Waals surface area (Å²) in [7, 11) is 1.59. The Morgan fingerprint density at radius 2 is 1.86 bits per heavy atom. The number of alkyl halides is 3. The summed E-state index contributed by atoms with van der Waals surface area (Å²) in [4.78, 5) is 28.6. The number of nitrogens with zero attached hydrogens (tertiary/aromatic N) is 5. The lowest BCUT2D eigenvalue weighted by molar-refractivity contribution is -0.142. The molecule has 0 fully saturated rings. The van der Waals surface area contributed by atoms with Gasteiger partial charge in [-0.3, -0.25) is 9.78 Å². The Hall–Kier alpha value is -4.42. The van der Waals surface area contributed by atoms with Crippen LogP contribution in [0.15, 0.2) is 67.0 Å². The molecule has 230 valence electrons. The number of carboxylic acids is 1. The molecule has 1 aliphatic rings. The van der Waals surface area contributed by atoms with Crippen molar-refractivity contribution < 1.29 is 27.8 Å². The fraction of sp³-hybridized carbons (Fsp3) is 0.290. The Balaban J connectivity index is 1.65. The number of carboxylic acid groups (broad SMARTS) is 1. The van der Waals surface area contributed by atoms with E-state index in [0.717, 1.165) is 23.4 Å². The molecule has 9 nitrogen and oxygen atoms in total. The number of carbonyl (C=O) groups is 1. The van der Waals surface area contributed by atoms with Crippen molar-refractivity contribution in [1.82, 2.24) is 20.0 Å². The predicted molar refractivity (Wildman–Crippen MR) is 160 cm³/mol. The molecule has 13 heteroatoms. The summed E-state index contributed by atoms with van der Waals surface area (Å²) < 4.78 is 45.4. The zero-order valence-electron chi connectivity index (χ0n) is 24.2. The first-order valence-corrected chi connectivity index (χ1v) is 14.2. The van der Waals surface area contributed by atoms with E-state index < -0.39 is 23.1 Å². The zero-order chi connectivity index (χ0) is 31.6. The molecule has 0 bridgehead atoms. The van der Waals surface area contributed by atoms with E-state index in [4.69, 9.17) is 26.3 Å². The van der Waals surface area contributed by atoms with Crippen LogP contribution in [0.4, 0.5) is 30.5 Å². The average molecular weight is 627 g/mol. The SMILES string of the molecule is CCN(c1nc2c(c(C(CC)(C(=O)O)c3cccnc3)n1)NN(Cc1ccc(OC)cc1)C2)c1ccc(C(F)(F)F)cc1Cl. The standard InChI is InChI=1S/C31H30ClF3N6O3/c1-4-30(28(42)43,21-7-6-14-36-16-21)27-26-24(18-40(39-26)17-19-8-11-22(44-3)12-9-19)37-29(38-27)41(5-2)25-13-10-20(15-23(25)32)31(33,34)35/h6-16,39H,4-5,17-18H2,1-3H3,(H,42,43). The first-order chi connectivity index (χ1) is 21.0. The number of hydrazine groups is 1. The van der Waals surface area contributed by atoms with E-state index in [1.165, 1.54) is 12.3 Å². The van der Waals surface area contributed by atoms with Crippen molar-refractivity contribution in [3.63, 3.8) is 0 Å². The molecule has 4 aromatic rings. The van der Waals surface area contributed by atoms with E-state index in [9.17, 15) is 23.1 Å². The van der Waals surface area contributed by atoms with E-state index in [1.54, 1.807) is 44.2 Å². The second-order valence-electron chi connectivity index (χ2n) is 10.2. The first kappa shape index (κ1) is 31.0. The minimum Gasteiger partial charge on any atom is -0.497 e. The number of pyridine rings is 1. The van der Waals surface area contributed by atoms with Crippen LogP contribution in [-0.2, 0) is 29.5 Å². The normalized spacial score (nSPS) is 14.4. The first-order valence-electron chi connectivity index (χ1n) is 13.9. The van der Waals surface area contributed by atoms with Gasteiger partial charge in [0.1, 0.15) is 11.2 Å². The molecule has 0 aliphatic carbocycles. The predicted octanol–water partition coefficient (Wildman–Crippen LogP) is 6.83. The molecule has 0 spiro atoms. The van der Waals surface area contributed by atoms with Gasteiger partial charge in [-0.15, -0.1) is 0 Å². The van der Waals surface area contributed by atoms with Crippen molar-refractivity contribution in [3.05, 3.63) is 100 Å². The van der Waals surface area contributed by atoms with Crippen molar-refractivity contribution in [1.29, 1.82) is 0 Å². The van der Waals surface area contributed by atoms with Gasteiger partial charge in [-0.1, -0.05) is 36.7 Å². The van der Waals surface area contributed by atoms with E-state index in [1.807, 2.05) is 29.3 Å². The molecule has 2 aromatic carbocycles. The number of rotatable bonds is 10. The van der Waals surface area contributed by atoms with E-state index >= 15 is 0 Å². The van der Waals surface area contributed by atoms with Gasteiger partial charge in [0.05, 0.1) is 47.0 Å². The Labute approximate surface area is 257 Å². The zero-order valence-corrected chi connectivity index (χ0v) is 24.9. The van der Waals surface area contributed by atoms with Gasteiger partial charge in [0, 0.05) is 25.5 Å². The van der Waals surface area contributed by atoms with Gasteiger partial charge in [-0.25, -0.2) is 15.0 Å². The van der Waals surface area contributed by atoms with E-state index in [-0.39, 0.29) is 35.3 Å². The van der Waals surface area contributed by atoms with Crippen molar-refractivity contribution in [2.24, 2.45) is 0 Å². The number of benzene rings is 2. The van der Waals surface area contributed by atoms with Crippen molar-refractivity contribution >= 4 is 34.9 Å². The number of nitrogens with one attached hydrogen (secondary N) is 1. The number of hydrogen-bond acceptors (Lipinski definition) is 8. The lowest BCUT2D eigenvalue weighted by atomic mass is 9.75. The number of methoxy groups -OCH3 is 1. The van der Waals surface area contributed by atoms with Gasteiger partial charge >= 0.3 is 12.1 Å². The molecule has 3 heterocycles. The van der Waals surface area contributed by atoms with Crippen LogP contribution in [-0.4, -0.2) is 44.7 Å². The highest BCUT2D eigenvalue weighted by atomic mass is 35.5. The Kier molecular flexibility index (Phi) is 8.66. The van der Waals surface area contributed by atoms with E-state index in [2.05, 4.69) is 10.4 Å². The highest BCUT2D eigenvalue weighted by Crippen LogP contribution is 2.44. The molecular formula is C31H30ClF3N6O3. The van der Waals surface area contributed by atoms with Gasteiger partial charge in [0.15, 0.2) is 0 Å². The summed E-state index contributed by atoms with van der Waals surface area (Å²) in [6.07, 6.45) is -1.38. The third-order valence-corrected chi connectivity index (χ3v) is 8.00. The number of aromatic nitrogens is 3. The topological polar surface area (TPSA) is 104 Å². The lowest BCUT2D eigenvalue weighted by Gasteiger charge is -2.31. The second-order valence-corrected chi connectivity index (χ2v) is 10.6. The molecule has 0 radical (unpaired) electrons. The number of fused-ring (bicyclic) bond motifs is 1. The minimum atomic E-state index is -4.57. The number of hydrogen-bond donors (Lipinski definition) is 2. The van der Waals surface area contributed by atoms with Crippen LogP contribution in [0, 0.1) is 0 Å². The maximum atomic E-state index is 13.4. The lowest BCUT2D eigenvalue weighted by Crippen LogP contribution is -2.39. The number of ether oxygens (including phenoxy) is 1. The van der Waals surface area contributed by atoms with Crippen LogP contribution in [0.3, 0.4) is 0 Å². The maximum Gasteiger partial charge on any atom is 0.416 e. The Morgan fingerprint density at radius 3 is 2.43 bits per heavy atom. The molecule has 5 rings (SSSR count). The summed E-state index contributed by atoms with van der Waals surface area (Å²) in [6.45, 7) is 4.53. The van der Waals surface area contributed by atoms with Gasteiger partial charge in [-0.05, 0) is 60.9 Å². The molecule has 2 aromatic heterocycles. The van der Waals surface area contributed by atoms with Crippen LogP contribution in [0.2, 0.25) is 5.02 Å². The summed E-state index contributed by atoms with van der Waals surface area (Å²) in [5, 5.41) is 12.5. The number of anilines is 3. The molecule has 1 atom stereocenters. The summed E-state index contributed by atoms with van der Waals surface area (Å²) in [5.41, 5.74) is 3.66. The summed E-state index contributed by atoms with van der Waals surface area (Å²) in [6, 6.07) is 14.0. The fourth-order valence-electron chi connectivity index (χ4n) is 5.40. The van der Waals surface area contributed by atoms with E-state index in [0.29, 0.717) is 30.0 Å².